The van der Waals surface area contributed by atoms with Crippen molar-refractivity contribution in [1.29, 1.82) is 0 Å². The number of hydrogen-bond donors (Lipinski definition) is 0. The van der Waals surface area contributed by atoms with Crippen LogP contribution in [-0.4, -0.2) is 48.9 Å². The summed E-state index contributed by atoms with van der Waals surface area (Å²) in [4.78, 5) is 17.3. The molecule has 1 spiro atoms. The predicted octanol–water partition coefficient (Wildman–Crippen LogP) is 4.06. The molecule has 1 unspecified atom stereocenters. The Labute approximate surface area is 158 Å². The van der Waals surface area contributed by atoms with Crippen LogP contribution in [0.2, 0.25) is 0 Å². The Morgan fingerprint density at radius 2 is 1.81 bits per heavy atom. The van der Waals surface area contributed by atoms with Crippen molar-refractivity contribution < 1.29 is 4.79 Å². The van der Waals surface area contributed by atoms with Crippen LogP contribution in [0.5, 0.6) is 0 Å². The van der Waals surface area contributed by atoms with Gasteiger partial charge >= 0.3 is 0 Å². The zero-order chi connectivity index (χ0) is 18.0. The van der Waals surface area contributed by atoms with E-state index < -0.39 is 0 Å². The summed E-state index contributed by atoms with van der Waals surface area (Å²) in [5, 5.41) is 0. The van der Waals surface area contributed by atoms with Gasteiger partial charge in [0.05, 0.1) is 0 Å². The molecule has 0 aromatic heterocycles. The summed E-state index contributed by atoms with van der Waals surface area (Å²) >= 11 is 0. The van der Waals surface area contributed by atoms with Crippen LogP contribution in [0.3, 0.4) is 0 Å². The number of likely N-dealkylation sites (N-methyl/N-ethyl adjacent to an activating group) is 1. The quantitative estimate of drug-likeness (QED) is 0.816. The van der Waals surface area contributed by atoms with Gasteiger partial charge in [-0.2, -0.15) is 0 Å². The number of hydrogen-bond acceptors (Lipinski definition) is 2. The summed E-state index contributed by atoms with van der Waals surface area (Å²) < 4.78 is 0. The smallest absolute Gasteiger partial charge is 0.226 e. The Bertz CT molecular complexity index is 637. The molecule has 3 aliphatic rings. The van der Waals surface area contributed by atoms with E-state index in [9.17, 15) is 4.79 Å². The van der Waals surface area contributed by atoms with Crippen LogP contribution in [0.15, 0.2) is 36.4 Å². The zero-order valence-corrected chi connectivity index (χ0v) is 16.1. The van der Waals surface area contributed by atoms with Gasteiger partial charge in [-0.25, -0.2) is 0 Å². The average Bonchev–Trinajstić information content (AvgIpc) is 3.38. The molecule has 3 nitrogen and oxygen atoms in total. The van der Waals surface area contributed by atoms with E-state index in [1.165, 1.54) is 37.7 Å². The number of carbonyl (C=O) groups excluding carboxylic acids is 1. The molecule has 1 aliphatic heterocycles. The van der Waals surface area contributed by atoms with Crippen molar-refractivity contribution in [3.05, 3.63) is 42.0 Å². The maximum absolute atomic E-state index is 12.8. The van der Waals surface area contributed by atoms with E-state index in [1.807, 2.05) is 0 Å². The normalized spacial score (nSPS) is 32.3. The highest BCUT2D eigenvalue weighted by Crippen LogP contribution is 2.63. The number of allylic oxidation sites excluding steroid dienone is 1. The van der Waals surface area contributed by atoms with E-state index in [-0.39, 0.29) is 0 Å². The molecule has 26 heavy (non-hydrogen) atoms. The van der Waals surface area contributed by atoms with Crippen LogP contribution in [0.4, 0.5) is 0 Å². The molecule has 0 N–H and O–H groups in total. The molecule has 1 saturated heterocycles. The Morgan fingerprint density at radius 3 is 2.50 bits per heavy atom. The van der Waals surface area contributed by atoms with E-state index >= 15 is 0 Å². The summed E-state index contributed by atoms with van der Waals surface area (Å²) in [6, 6.07) is 10.6. The van der Waals surface area contributed by atoms with Crippen molar-refractivity contribution in [3.8, 4) is 0 Å². The molecule has 0 radical (unpaired) electrons. The highest BCUT2D eigenvalue weighted by atomic mass is 16.2. The number of carbonyl (C=O) groups is 1. The van der Waals surface area contributed by atoms with Gasteiger partial charge in [0.15, 0.2) is 0 Å². The van der Waals surface area contributed by atoms with E-state index in [0.717, 1.165) is 38.5 Å². The van der Waals surface area contributed by atoms with Crippen LogP contribution in [0.25, 0.3) is 6.08 Å². The van der Waals surface area contributed by atoms with Crippen LogP contribution in [0.1, 0.15) is 44.1 Å². The Balaban J connectivity index is 1.23. The van der Waals surface area contributed by atoms with Crippen molar-refractivity contribution in [2.75, 3.05) is 33.2 Å². The molecular weight excluding hydrogens is 320 g/mol. The lowest BCUT2D eigenvalue weighted by atomic mass is 9.77. The first kappa shape index (κ1) is 17.8. The van der Waals surface area contributed by atoms with Gasteiger partial charge in [0, 0.05) is 32.1 Å². The SMILES string of the molecule is CN1CCN(C(=O)C2CC23CCC(C/C=C/c2ccccc2)CC3)CC1. The van der Waals surface area contributed by atoms with Gasteiger partial charge in [0.2, 0.25) is 5.91 Å². The Morgan fingerprint density at radius 1 is 1.12 bits per heavy atom. The summed E-state index contributed by atoms with van der Waals surface area (Å²) in [6.45, 7) is 3.91. The highest BCUT2D eigenvalue weighted by molar-refractivity contribution is 5.82. The molecule has 3 fully saturated rings. The van der Waals surface area contributed by atoms with E-state index in [4.69, 9.17) is 0 Å². The van der Waals surface area contributed by atoms with Gasteiger partial charge in [-0.15, -0.1) is 0 Å². The molecule has 1 amide bonds. The van der Waals surface area contributed by atoms with Gasteiger partial charge < -0.3 is 9.80 Å². The Kier molecular flexibility index (Phi) is 5.17. The summed E-state index contributed by atoms with van der Waals surface area (Å²) in [6.07, 6.45) is 12.1. The molecule has 1 aromatic rings. The van der Waals surface area contributed by atoms with E-state index in [0.29, 0.717) is 17.2 Å². The minimum atomic E-state index is 0.340. The molecule has 140 valence electrons. The molecule has 2 aliphatic carbocycles. The lowest BCUT2D eigenvalue weighted by Crippen LogP contribution is -2.48. The molecule has 1 heterocycles. The van der Waals surface area contributed by atoms with Gasteiger partial charge in [-0.1, -0.05) is 42.5 Å². The highest BCUT2D eigenvalue weighted by Gasteiger charge is 2.59. The molecule has 1 aromatic carbocycles. The fourth-order valence-electron chi connectivity index (χ4n) is 4.95. The Hall–Kier alpha value is -1.61. The third-order valence-corrected chi connectivity index (χ3v) is 6.98. The molecule has 3 heteroatoms. The maximum atomic E-state index is 12.8. The molecule has 4 rings (SSSR count). The number of rotatable bonds is 4. The predicted molar refractivity (Wildman–Crippen MR) is 107 cm³/mol. The lowest BCUT2D eigenvalue weighted by Gasteiger charge is -2.34. The second kappa shape index (κ2) is 7.56. The second-order valence-electron chi connectivity index (χ2n) is 8.74. The van der Waals surface area contributed by atoms with Crippen molar-refractivity contribution in [3.63, 3.8) is 0 Å². The first-order valence-corrected chi connectivity index (χ1v) is 10.4. The van der Waals surface area contributed by atoms with Crippen molar-refractivity contribution >= 4 is 12.0 Å². The third-order valence-electron chi connectivity index (χ3n) is 6.98. The number of nitrogens with zero attached hydrogens (tertiary/aromatic N) is 2. The van der Waals surface area contributed by atoms with Crippen molar-refractivity contribution in [2.24, 2.45) is 17.3 Å². The van der Waals surface area contributed by atoms with Crippen LogP contribution in [0, 0.1) is 17.3 Å². The minimum Gasteiger partial charge on any atom is -0.340 e. The topological polar surface area (TPSA) is 23.6 Å². The third kappa shape index (κ3) is 3.88. The molecule has 1 atom stereocenters. The van der Waals surface area contributed by atoms with Crippen LogP contribution < -0.4 is 0 Å². The summed E-state index contributed by atoms with van der Waals surface area (Å²) in [7, 11) is 2.15. The number of benzene rings is 1. The fraction of sp³-hybridized carbons (Fsp3) is 0.609. The van der Waals surface area contributed by atoms with Crippen molar-refractivity contribution in [1.82, 2.24) is 9.80 Å². The van der Waals surface area contributed by atoms with Gasteiger partial charge in [0.25, 0.3) is 0 Å². The first-order valence-electron chi connectivity index (χ1n) is 10.4. The van der Waals surface area contributed by atoms with Gasteiger partial charge in [-0.05, 0) is 62.5 Å². The standard InChI is InChI=1S/C23H32N2O/c1-24-14-16-25(17-15-24)22(26)21-18-23(21)12-10-20(11-13-23)9-5-8-19-6-3-2-4-7-19/h2-8,20-21H,9-18H2,1H3/b8-5+. The molecular formula is C23H32N2O. The average molecular weight is 353 g/mol. The lowest BCUT2D eigenvalue weighted by molar-refractivity contribution is -0.135. The molecule has 0 bridgehead atoms. The van der Waals surface area contributed by atoms with Crippen molar-refractivity contribution in [2.45, 2.75) is 38.5 Å². The largest absolute Gasteiger partial charge is 0.340 e. The van der Waals surface area contributed by atoms with Crippen LogP contribution in [-0.2, 0) is 4.79 Å². The fourth-order valence-corrected chi connectivity index (χ4v) is 4.95. The molecule has 2 saturated carbocycles. The van der Waals surface area contributed by atoms with E-state index in [1.54, 1.807) is 0 Å². The minimum absolute atomic E-state index is 0.340. The summed E-state index contributed by atoms with van der Waals surface area (Å²) in [5.74, 6) is 1.60. The maximum Gasteiger partial charge on any atom is 0.226 e. The summed E-state index contributed by atoms with van der Waals surface area (Å²) in [5.41, 5.74) is 1.67. The van der Waals surface area contributed by atoms with Gasteiger partial charge in [-0.3, -0.25) is 4.79 Å². The zero-order valence-electron chi connectivity index (χ0n) is 16.1. The van der Waals surface area contributed by atoms with Crippen LogP contribution >= 0.6 is 0 Å². The number of amides is 1. The number of piperazine rings is 1. The monoisotopic (exact) mass is 352 g/mol. The van der Waals surface area contributed by atoms with E-state index in [2.05, 4.69) is 59.3 Å². The first-order chi connectivity index (χ1) is 12.7. The van der Waals surface area contributed by atoms with Gasteiger partial charge in [0.1, 0.15) is 0 Å². The second-order valence-corrected chi connectivity index (χ2v) is 8.74.